The summed E-state index contributed by atoms with van der Waals surface area (Å²) in [5.74, 6) is 6.69. The zero-order valence-corrected chi connectivity index (χ0v) is 53.0. The van der Waals surface area contributed by atoms with Gasteiger partial charge >= 0.3 is 0 Å². The largest absolute Gasteiger partial charge is 0.393 e. The van der Waals surface area contributed by atoms with Crippen LogP contribution in [0.25, 0.3) is 0 Å². The zero-order valence-electron chi connectivity index (χ0n) is 53.0. The number of ketones is 1. The van der Waals surface area contributed by atoms with Crippen LogP contribution in [0.5, 0.6) is 0 Å². The van der Waals surface area contributed by atoms with Crippen molar-refractivity contribution in [1.29, 1.82) is 0 Å². The number of nitrogens with zero attached hydrogens (tertiary/aromatic N) is 9. The molecule has 6 atom stereocenters. The minimum atomic E-state index is -2.51. The van der Waals surface area contributed by atoms with Gasteiger partial charge in [-0.1, -0.05) is 50.6 Å². The van der Waals surface area contributed by atoms with Crippen LogP contribution in [0.2, 0.25) is 0 Å². The van der Waals surface area contributed by atoms with E-state index in [2.05, 4.69) is 110 Å². The van der Waals surface area contributed by atoms with Gasteiger partial charge in [0.2, 0.25) is 11.9 Å². The van der Waals surface area contributed by atoms with E-state index < -0.39 is 5.92 Å². The number of hydrogen-bond donors (Lipinski definition) is 3. The maximum absolute atomic E-state index is 12.8. The van der Waals surface area contributed by atoms with E-state index in [1.807, 2.05) is 0 Å². The number of ether oxygens (including phenoxy) is 8. The standard InChI is InChI=1S/C55H91N11O10.C8H12F2O/c1-7-42(2)52(47-11-9-8-10-12-47)15-19-65-43(3)13-14-51(65)35-44(4)66-46(6)62-63-53(66)49-39-64(40-49)55-59-36-48(37-60-55)54(68)58-18-22-71-25-28-74-31-32-75-33-34-76-41-50(61-56)38-57-17-21-70-24-27-73-30-29-72-26-23-69-20-16-45(5)67;1-6(11)7-2-4-8(9,10)5-3-7/h8-12,36-38,42-45,49,51-52,67H,7,13-35,39-41,56H2,1-6H3,(H,58,68);7H,2-5H2,1H3/b57-38?,61-50+;. The van der Waals surface area contributed by atoms with Crippen molar-refractivity contribution in [3.63, 3.8) is 0 Å². The van der Waals surface area contributed by atoms with Crippen LogP contribution in [0.1, 0.15) is 151 Å². The third kappa shape index (κ3) is 27.3. The Labute approximate surface area is 515 Å². The van der Waals surface area contributed by atoms with Crippen molar-refractivity contribution < 1.29 is 61.4 Å². The van der Waals surface area contributed by atoms with E-state index in [9.17, 15) is 23.5 Å². The lowest BCUT2D eigenvalue weighted by atomic mass is 9.83. The molecule has 1 aromatic carbocycles. The monoisotopic (exact) mass is 1230 g/mol. The fraction of sp³-hybridized carbons (Fsp3) is 0.746. The maximum Gasteiger partial charge on any atom is 0.254 e. The number of hydrazone groups is 1. The Morgan fingerprint density at radius 3 is 1.94 bits per heavy atom. The zero-order chi connectivity index (χ0) is 62.7. The molecule has 2 aliphatic heterocycles. The highest BCUT2D eigenvalue weighted by atomic mass is 19.3. The Morgan fingerprint density at radius 1 is 0.793 bits per heavy atom. The van der Waals surface area contributed by atoms with Gasteiger partial charge in [-0.2, -0.15) is 5.10 Å². The maximum atomic E-state index is 12.8. The number of nitrogens with two attached hydrogens (primary N) is 1. The van der Waals surface area contributed by atoms with E-state index in [1.54, 1.807) is 25.5 Å². The molecule has 4 N–H and O–H groups in total. The number of Topliss-reactive ketones (excluding diaryl/α,β-unsaturated/α-hetero) is 1. The number of halogens is 2. The SMILES string of the molecule is CC(=O)C1CCC(F)(F)CC1.CCC(C)C(CCN1C(C)CCC1CC(C)n1c(C)nnc1C1CN(c2ncc(C(=O)NCCOCCOCCOCCOC/C(C=NCCOCCOCCOCCOCCC(C)O)=N/N)cn2)C1)c1ccccc1. The summed E-state index contributed by atoms with van der Waals surface area (Å²) in [5, 5.41) is 25.0. The summed E-state index contributed by atoms with van der Waals surface area (Å²) in [6.07, 6.45) is 11.4. The summed E-state index contributed by atoms with van der Waals surface area (Å²) < 4.78 is 71.6. The number of hydrogen-bond acceptors (Lipinski definition) is 20. The predicted molar refractivity (Wildman–Crippen MR) is 331 cm³/mol. The van der Waals surface area contributed by atoms with Gasteiger partial charge in [0.25, 0.3) is 5.91 Å². The minimum Gasteiger partial charge on any atom is -0.393 e. The summed E-state index contributed by atoms with van der Waals surface area (Å²) in [5.41, 5.74) is 2.37. The number of aromatic nitrogens is 5. The highest BCUT2D eigenvalue weighted by molar-refractivity contribution is 6.31. The average molecular weight is 1230 g/mol. The van der Waals surface area contributed by atoms with E-state index in [-0.39, 0.29) is 55.1 Å². The lowest BCUT2D eigenvalue weighted by Gasteiger charge is -2.39. The molecule has 87 heavy (non-hydrogen) atoms. The molecule has 0 radical (unpaired) electrons. The Kier molecular flexibility index (Phi) is 34.5. The third-order valence-electron chi connectivity index (χ3n) is 16.3. The van der Waals surface area contributed by atoms with E-state index in [0.717, 1.165) is 37.7 Å². The molecule has 6 unspecified atom stereocenters. The molecule has 24 heteroatoms. The molecular formula is C63H103F2N11O11. The molecule has 6 rings (SSSR count). The molecule has 1 saturated carbocycles. The van der Waals surface area contributed by atoms with Crippen LogP contribution in [0.4, 0.5) is 14.7 Å². The number of amides is 1. The molecule has 2 aromatic heterocycles. The molecule has 1 aliphatic carbocycles. The smallest absolute Gasteiger partial charge is 0.254 e. The predicted octanol–water partition coefficient (Wildman–Crippen LogP) is 7.42. The van der Waals surface area contributed by atoms with Crippen LogP contribution in [-0.4, -0.2) is 221 Å². The molecule has 3 fully saturated rings. The molecule has 0 spiro atoms. The van der Waals surface area contributed by atoms with E-state index in [0.29, 0.717) is 173 Å². The first-order valence-electron chi connectivity index (χ1n) is 31.6. The number of likely N-dealkylation sites (tertiary alicyclic amines) is 1. The van der Waals surface area contributed by atoms with Gasteiger partial charge in [0.1, 0.15) is 23.1 Å². The first-order chi connectivity index (χ1) is 42.1. The summed E-state index contributed by atoms with van der Waals surface area (Å²) >= 11 is 0. The Bertz CT molecular complexity index is 2390. The fourth-order valence-electron chi connectivity index (χ4n) is 11.0. The number of rotatable bonds is 43. The number of carbonyl (C=O) groups excluding carboxylic acids is 2. The number of alkyl halides is 2. The quantitative estimate of drug-likeness (QED) is 0.0216. The fourth-order valence-corrected chi connectivity index (χ4v) is 11.0. The van der Waals surface area contributed by atoms with Gasteiger partial charge in [-0.3, -0.25) is 19.5 Å². The van der Waals surface area contributed by atoms with Crippen molar-refractivity contribution in [2.45, 2.75) is 155 Å². The summed E-state index contributed by atoms with van der Waals surface area (Å²) in [7, 11) is 0. The molecule has 3 aromatic rings. The van der Waals surface area contributed by atoms with Crippen molar-refractivity contribution in [2.75, 3.05) is 143 Å². The number of aliphatic hydroxyl groups excluding tert-OH is 1. The average Bonchev–Trinajstić information content (AvgIpc) is 2.11. The highest BCUT2D eigenvalue weighted by Gasteiger charge is 2.38. The number of anilines is 1. The number of aliphatic imine (C=N–C) groups is 1. The van der Waals surface area contributed by atoms with Gasteiger partial charge < -0.3 is 63.6 Å². The Balaban J connectivity index is 0.00000112. The number of aliphatic hydroxyl groups is 1. The molecule has 22 nitrogen and oxygen atoms in total. The molecule has 1 amide bonds. The number of nitrogens with one attached hydrogen (secondary N) is 1. The van der Waals surface area contributed by atoms with Gasteiger partial charge in [0, 0.05) is 81.7 Å². The normalized spacial score (nSPS) is 19.0. The molecule has 3 aliphatic rings. The third-order valence-corrected chi connectivity index (χ3v) is 16.3. The van der Waals surface area contributed by atoms with Crippen LogP contribution in [-0.2, 0) is 42.7 Å². The lowest BCUT2D eigenvalue weighted by molar-refractivity contribution is -0.124. The molecule has 2 saturated heterocycles. The van der Waals surface area contributed by atoms with Crippen molar-refractivity contribution in [2.24, 2.45) is 27.8 Å². The van der Waals surface area contributed by atoms with Gasteiger partial charge in [0.05, 0.1) is 123 Å². The van der Waals surface area contributed by atoms with Gasteiger partial charge in [-0.15, -0.1) is 10.2 Å². The minimum absolute atomic E-state index is 0.0560. The first-order valence-corrected chi connectivity index (χ1v) is 31.6. The van der Waals surface area contributed by atoms with Crippen LogP contribution < -0.4 is 16.1 Å². The van der Waals surface area contributed by atoms with Crippen molar-refractivity contribution in [3.05, 3.63) is 65.5 Å². The van der Waals surface area contributed by atoms with Gasteiger partial charge in [-0.25, -0.2) is 18.7 Å². The molecule has 490 valence electrons. The number of carbonyl (C=O) groups is 2. The molecule has 0 bridgehead atoms. The van der Waals surface area contributed by atoms with Gasteiger partial charge in [-0.05, 0) is 104 Å². The Morgan fingerprint density at radius 2 is 1.37 bits per heavy atom. The second kappa shape index (κ2) is 41.3. The van der Waals surface area contributed by atoms with Crippen molar-refractivity contribution in [3.8, 4) is 0 Å². The Hall–Kier alpha value is -5.02. The summed E-state index contributed by atoms with van der Waals surface area (Å²) in [6.45, 7) is 24.9. The lowest BCUT2D eigenvalue weighted by Crippen LogP contribution is -2.47. The van der Waals surface area contributed by atoms with Gasteiger partial charge in [0.15, 0.2) is 0 Å². The summed E-state index contributed by atoms with van der Waals surface area (Å²) in [6, 6.07) is 12.5. The van der Waals surface area contributed by atoms with Crippen molar-refractivity contribution >= 4 is 29.6 Å². The van der Waals surface area contributed by atoms with E-state index >= 15 is 0 Å². The second-order valence-electron chi connectivity index (χ2n) is 23.1. The van der Waals surface area contributed by atoms with Crippen molar-refractivity contribution in [1.82, 2.24) is 34.9 Å². The molecule has 4 heterocycles. The molecular weight excluding hydrogens is 1120 g/mol. The highest BCUT2D eigenvalue weighted by Crippen LogP contribution is 2.38. The number of benzene rings is 1. The van der Waals surface area contributed by atoms with Crippen LogP contribution in [0.15, 0.2) is 52.8 Å². The topological polar surface area (TPSA) is 254 Å². The first kappa shape index (κ1) is 72.7. The van der Waals surface area contributed by atoms with Crippen LogP contribution >= 0.6 is 0 Å². The van der Waals surface area contributed by atoms with Crippen LogP contribution in [0, 0.1) is 18.8 Å². The van der Waals surface area contributed by atoms with Crippen LogP contribution in [0.3, 0.4) is 0 Å². The summed E-state index contributed by atoms with van der Waals surface area (Å²) in [4.78, 5) is 41.8. The second-order valence-corrected chi connectivity index (χ2v) is 23.1. The van der Waals surface area contributed by atoms with E-state index in [1.165, 1.54) is 38.2 Å². The number of aryl methyl sites for hydroxylation is 1. The van der Waals surface area contributed by atoms with E-state index in [4.69, 9.17) is 48.8 Å².